The van der Waals surface area contributed by atoms with E-state index in [0.29, 0.717) is 24.9 Å². The fourth-order valence-electron chi connectivity index (χ4n) is 4.52. The molecular weight excluding hydrogens is 523 g/mol. The van der Waals surface area contributed by atoms with E-state index in [0.717, 1.165) is 76.9 Å². The molecule has 0 bridgehead atoms. The first kappa shape index (κ1) is 35.7. The second-order valence-electron chi connectivity index (χ2n) is 10.6. The predicted molar refractivity (Wildman–Crippen MR) is 167 cm³/mol. The largest absolute Gasteiger partial charge is 0.340 e. The number of imide groups is 1. The maximum absolute atomic E-state index is 12.4. The Balaban J connectivity index is 0.000000562. The summed E-state index contributed by atoms with van der Waals surface area (Å²) in [7, 11) is 4.36. The van der Waals surface area contributed by atoms with Crippen molar-refractivity contribution < 1.29 is 19.2 Å². The Morgan fingerprint density at radius 2 is 1.60 bits per heavy atom. The molecule has 1 aromatic carbocycles. The van der Waals surface area contributed by atoms with Crippen LogP contribution in [0.1, 0.15) is 90.7 Å². The summed E-state index contributed by atoms with van der Waals surface area (Å²) < 4.78 is 0. The van der Waals surface area contributed by atoms with Crippen molar-refractivity contribution in [3.8, 4) is 0 Å². The third kappa shape index (κ3) is 12.5. The van der Waals surface area contributed by atoms with E-state index >= 15 is 0 Å². The van der Waals surface area contributed by atoms with Crippen LogP contribution in [-0.2, 0) is 32.1 Å². The normalized spacial score (nSPS) is 14.1. The third-order valence-electron chi connectivity index (χ3n) is 7.21. The summed E-state index contributed by atoms with van der Waals surface area (Å²) in [5, 5.41) is 2.34. The van der Waals surface area contributed by atoms with Gasteiger partial charge in [-0.25, -0.2) is 0 Å². The molecule has 2 unspecified atom stereocenters. The fraction of sp³-hybridized carbons (Fsp3) is 0.677. The molecule has 40 heavy (non-hydrogen) atoms. The highest BCUT2D eigenvalue weighted by Gasteiger charge is 2.24. The van der Waals surface area contributed by atoms with E-state index < -0.39 is 0 Å². The number of carbonyl (C=O) groups excluding carboxylic acids is 4. The van der Waals surface area contributed by atoms with E-state index in [2.05, 4.69) is 51.5 Å². The van der Waals surface area contributed by atoms with Gasteiger partial charge in [-0.2, -0.15) is 0 Å². The maximum Gasteiger partial charge on any atom is 0.230 e. The molecule has 1 N–H and O–H groups in total. The SMILES string of the molecule is CCCCC(=O)NC(=O)CCC.CCCc1cc(CN2CCN(C(=O)C(C)CC)CC2)ccc1N(C)C(=O)CP. The van der Waals surface area contributed by atoms with Crippen molar-refractivity contribution in [1.82, 2.24) is 15.1 Å². The maximum atomic E-state index is 12.4. The average molecular weight is 577 g/mol. The van der Waals surface area contributed by atoms with Gasteiger partial charge in [-0.15, -0.1) is 9.24 Å². The Morgan fingerprint density at radius 1 is 0.950 bits per heavy atom. The standard InChI is InChI=1S/C22H36N3O2P.C9H17NO2/c1-5-7-19-14-18(8-9-20(19)23(4)21(26)16-28)15-24-10-12-25(13-11-24)22(27)17(3)6-2;1-3-5-7-9(12)10-8(11)6-4-2/h8-9,14,17H,5-7,10-13,15-16,28H2,1-4H3;3-7H2,1-2H3,(H,10,11,12). The summed E-state index contributed by atoms with van der Waals surface area (Å²) in [6, 6.07) is 6.47. The first-order valence-electron chi connectivity index (χ1n) is 15.0. The molecular formula is C31H53N4O4P. The van der Waals surface area contributed by atoms with Gasteiger partial charge in [0.1, 0.15) is 0 Å². The van der Waals surface area contributed by atoms with E-state index in [-0.39, 0.29) is 23.6 Å². The van der Waals surface area contributed by atoms with Crippen molar-refractivity contribution in [3.05, 3.63) is 29.3 Å². The van der Waals surface area contributed by atoms with Crippen LogP contribution < -0.4 is 10.2 Å². The molecule has 1 aliphatic heterocycles. The van der Waals surface area contributed by atoms with Crippen LogP contribution in [0.25, 0.3) is 0 Å². The highest BCUT2D eigenvalue weighted by Crippen LogP contribution is 2.24. The highest BCUT2D eigenvalue weighted by atomic mass is 31.0. The smallest absolute Gasteiger partial charge is 0.230 e. The third-order valence-corrected chi connectivity index (χ3v) is 7.56. The van der Waals surface area contributed by atoms with Gasteiger partial charge in [0.25, 0.3) is 0 Å². The predicted octanol–water partition coefficient (Wildman–Crippen LogP) is 4.79. The Kier molecular flexibility index (Phi) is 17.6. The molecule has 0 spiro atoms. The van der Waals surface area contributed by atoms with Crippen LogP contribution >= 0.6 is 9.24 Å². The molecule has 1 saturated heterocycles. The number of hydrogen-bond donors (Lipinski definition) is 1. The zero-order chi connectivity index (χ0) is 30.1. The Morgan fingerprint density at radius 3 is 2.15 bits per heavy atom. The molecule has 226 valence electrons. The molecule has 1 heterocycles. The minimum Gasteiger partial charge on any atom is -0.340 e. The Bertz CT molecular complexity index is 947. The van der Waals surface area contributed by atoms with E-state index in [1.54, 1.807) is 4.90 Å². The minimum atomic E-state index is -0.154. The van der Waals surface area contributed by atoms with E-state index in [9.17, 15) is 19.2 Å². The summed E-state index contributed by atoms with van der Waals surface area (Å²) in [6.45, 7) is 14.5. The van der Waals surface area contributed by atoms with E-state index in [4.69, 9.17) is 0 Å². The van der Waals surface area contributed by atoms with Crippen LogP contribution in [0.5, 0.6) is 0 Å². The van der Waals surface area contributed by atoms with Gasteiger partial charge in [0, 0.05) is 70.4 Å². The highest BCUT2D eigenvalue weighted by molar-refractivity contribution is 7.18. The van der Waals surface area contributed by atoms with Crippen molar-refractivity contribution in [2.24, 2.45) is 5.92 Å². The molecule has 9 heteroatoms. The number of piperazine rings is 1. The summed E-state index contributed by atoms with van der Waals surface area (Å²) in [5.41, 5.74) is 3.53. The van der Waals surface area contributed by atoms with Crippen LogP contribution in [0, 0.1) is 5.92 Å². The number of hydrogen-bond acceptors (Lipinski definition) is 5. The molecule has 2 atom stereocenters. The number of rotatable bonds is 13. The van der Waals surface area contributed by atoms with Gasteiger partial charge in [-0.05, 0) is 42.9 Å². The van der Waals surface area contributed by atoms with Gasteiger partial charge >= 0.3 is 0 Å². The second-order valence-corrected chi connectivity index (χ2v) is 11.0. The van der Waals surface area contributed by atoms with Crippen LogP contribution in [0.2, 0.25) is 0 Å². The number of unbranched alkanes of at least 4 members (excludes halogenated alkanes) is 1. The van der Waals surface area contributed by atoms with Crippen LogP contribution in [0.4, 0.5) is 5.69 Å². The molecule has 4 amide bonds. The van der Waals surface area contributed by atoms with Crippen LogP contribution in [0.15, 0.2) is 18.2 Å². The number of benzene rings is 1. The van der Waals surface area contributed by atoms with Crippen LogP contribution in [0.3, 0.4) is 0 Å². The van der Waals surface area contributed by atoms with Gasteiger partial charge in [0.05, 0.1) is 0 Å². The molecule has 0 aliphatic carbocycles. The number of anilines is 1. The molecule has 0 radical (unpaired) electrons. The van der Waals surface area contributed by atoms with Gasteiger partial charge in [0.2, 0.25) is 23.6 Å². The number of amides is 4. The molecule has 1 aromatic rings. The quantitative estimate of drug-likeness (QED) is 0.341. The molecule has 2 rings (SSSR count). The lowest BCUT2D eigenvalue weighted by atomic mass is 10.0. The first-order valence-corrected chi connectivity index (χ1v) is 15.8. The number of nitrogens with one attached hydrogen (secondary N) is 1. The van der Waals surface area contributed by atoms with Crippen molar-refractivity contribution in [1.29, 1.82) is 0 Å². The van der Waals surface area contributed by atoms with Gasteiger partial charge < -0.3 is 9.80 Å². The lowest BCUT2D eigenvalue weighted by Gasteiger charge is -2.36. The summed E-state index contributed by atoms with van der Waals surface area (Å²) in [4.78, 5) is 52.5. The second kappa shape index (κ2) is 19.7. The molecule has 0 aromatic heterocycles. The Hall–Kier alpha value is -2.31. The minimum absolute atomic E-state index is 0.109. The Labute approximate surface area is 244 Å². The van der Waals surface area contributed by atoms with Crippen molar-refractivity contribution in [3.63, 3.8) is 0 Å². The van der Waals surface area contributed by atoms with Gasteiger partial charge in [-0.1, -0.05) is 59.6 Å². The average Bonchev–Trinajstić information content (AvgIpc) is 2.95. The fourth-order valence-corrected chi connectivity index (χ4v) is 4.79. The molecule has 1 aliphatic rings. The zero-order valence-corrected chi connectivity index (χ0v) is 26.9. The number of carbonyl (C=O) groups is 4. The van der Waals surface area contributed by atoms with E-state index in [1.807, 2.05) is 32.7 Å². The lowest BCUT2D eigenvalue weighted by molar-refractivity contribution is -0.137. The summed E-state index contributed by atoms with van der Waals surface area (Å²) in [5.74, 6) is 0.224. The van der Waals surface area contributed by atoms with Crippen LogP contribution in [-0.4, -0.2) is 72.8 Å². The van der Waals surface area contributed by atoms with E-state index in [1.165, 1.54) is 11.1 Å². The first-order chi connectivity index (χ1) is 19.1. The van der Waals surface area contributed by atoms with Crippen molar-refractivity contribution in [2.75, 3.05) is 44.3 Å². The van der Waals surface area contributed by atoms with Gasteiger partial charge in [0.15, 0.2) is 0 Å². The number of aryl methyl sites for hydroxylation is 1. The summed E-state index contributed by atoms with van der Waals surface area (Å²) >= 11 is 0. The lowest BCUT2D eigenvalue weighted by Crippen LogP contribution is -2.49. The molecule has 1 fully saturated rings. The monoisotopic (exact) mass is 576 g/mol. The molecule has 8 nitrogen and oxygen atoms in total. The van der Waals surface area contributed by atoms with Crippen molar-refractivity contribution >= 4 is 38.6 Å². The zero-order valence-electron chi connectivity index (χ0n) is 25.8. The van der Waals surface area contributed by atoms with Crippen molar-refractivity contribution in [2.45, 2.75) is 92.5 Å². The van der Waals surface area contributed by atoms with Gasteiger partial charge in [-0.3, -0.25) is 29.4 Å². The topological polar surface area (TPSA) is 90.0 Å². The molecule has 0 saturated carbocycles. The summed E-state index contributed by atoms with van der Waals surface area (Å²) in [6.07, 6.45) is 6.88. The number of nitrogens with zero attached hydrogens (tertiary/aromatic N) is 3.